The molecule has 1 unspecified atom stereocenters. The summed E-state index contributed by atoms with van der Waals surface area (Å²) in [6, 6.07) is 8.64. The molecule has 116 valence electrons. The predicted molar refractivity (Wildman–Crippen MR) is 84.4 cm³/mol. The lowest BCUT2D eigenvalue weighted by atomic mass is 10.1. The number of hydrogen-bond acceptors (Lipinski definition) is 3. The highest BCUT2D eigenvalue weighted by molar-refractivity contribution is 5.78. The second-order valence-electron chi connectivity index (χ2n) is 6.22. The number of amides is 1. The molecule has 0 aliphatic heterocycles. The van der Waals surface area contributed by atoms with Gasteiger partial charge in [-0.1, -0.05) is 26.0 Å². The van der Waals surface area contributed by atoms with Crippen LogP contribution in [0.2, 0.25) is 0 Å². The summed E-state index contributed by atoms with van der Waals surface area (Å²) in [6.07, 6.45) is 2.25. The van der Waals surface area contributed by atoms with E-state index in [-0.39, 0.29) is 11.9 Å². The van der Waals surface area contributed by atoms with Crippen LogP contribution in [0, 0.1) is 5.92 Å². The minimum atomic E-state index is 0.0845. The monoisotopic (exact) mass is 290 g/mol. The van der Waals surface area contributed by atoms with E-state index in [2.05, 4.69) is 31.4 Å². The first kappa shape index (κ1) is 15.8. The van der Waals surface area contributed by atoms with Crippen LogP contribution in [0.4, 0.5) is 0 Å². The van der Waals surface area contributed by atoms with Crippen LogP contribution in [0.1, 0.15) is 45.2 Å². The molecule has 4 nitrogen and oxygen atoms in total. The van der Waals surface area contributed by atoms with Crippen molar-refractivity contribution in [2.45, 2.75) is 45.7 Å². The van der Waals surface area contributed by atoms with Crippen LogP contribution < -0.4 is 15.4 Å². The van der Waals surface area contributed by atoms with Gasteiger partial charge in [0.25, 0.3) is 0 Å². The molecule has 2 rings (SSSR count). The molecule has 1 fully saturated rings. The first-order valence-corrected chi connectivity index (χ1v) is 7.80. The van der Waals surface area contributed by atoms with Gasteiger partial charge in [0.15, 0.2) is 0 Å². The first-order chi connectivity index (χ1) is 10.0. The predicted octanol–water partition coefficient (Wildman–Crippen LogP) is 2.65. The highest BCUT2D eigenvalue weighted by atomic mass is 16.5. The lowest BCUT2D eigenvalue weighted by Gasteiger charge is -2.15. The Morgan fingerprint density at radius 3 is 2.48 bits per heavy atom. The van der Waals surface area contributed by atoms with E-state index in [1.807, 2.05) is 24.3 Å². The number of nitrogens with one attached hydrogen (secondary N) is 2. The van der Waals surface area contributed by atoms with Crippen LogP contribution in [0.15, 0.2) is 24.3 Å². The van der Waals surface area contributed by atoms with Gasteiger partial charge < -0.3 is 15.4 Å². The maximum Gasteiger partial charge on any atom is 0.234 e. The molecule has 1 aromatic rings. The van der Waals surface area contributed by atoms with Gasteiger partial charge >= 0.3 is 0 Å². The zero-order chi connectivity index (χ0) is 15.2. The fourth-order valence-corrected chi connectivity index (χ4v) is 1.99. The van der Waals surface area contributed by atoms with Crippen molar-refractivity contribution in [3.63, 3.8) is 0 Å². The maximum atomic E-state index is 11.6. The van der Waals surface area contributed by atoms with Crippen molar-refractivity contribution in [2.75, 3.05) is 13.2 Å². The van der Waals surface area contributed by atoms with Gasteiger partial charge in [-0.25, -0.2) is 0 Å². The molecule has 1 aromatic carbocycles. The number of rotatable bonds is 8. The summed E-state index contributed by atoms with van der Waals surface area (Å²) in [5.74, 6) is 1.50. The third-order valence-electron chi connectivity index (χ3n) is 3.47. The molecule has 0 heterocycles. The molecule has 0 saturated heterocycles. The number of carbonyl (C=O) groups excluding carboxylic acids is 1. The molecule has 1 atom stereocenters. The SMILES string of the molecule is CC(C)COc1ccc(C(C)NCC(=O)NC2CC2)cc1. The van der Waals surface area contributed by atoms with Gasteiger partial charge in [-0.15, -0.1) is 0 Å². The van der Waals surface area contributed by atoms with E-state index in [0.29, 0.717) is 18.5 Å². The third kappa shape index (κ3) is 5.76. The Balaban J connectivity index is 1.75. The average molecular weight is 290 g/mol. The topological polar surface area (TPSA) is 50.4 Å². The molecule has 0 aromatic heterocycles. The van der Waals surface area contributed by atoms with E-state index in [4.69, 9.17) is 4.74 Å². The largest absolute Gasteiger partial charge is 0.493 e. The molecule has 2 N–H and O–H groups in total. The number of hydrogen-bond donors (Lipinski definition) is 2. The van der Waals surface area contributed by atoms with Crippen LogP contribution in [0.5, 0.6) is 5.75 Å². The van der Waals surface area contributed by atoms with Crippen LogP contribution in [-0.2, 0) is 4.79 Å². The molecule has 0 radical (unpaired) electrons. The van der Waals surface area contributed by atoms with Crippen molar-refractivity contribution in [1.29, 1.82) is 0 Å². The highest BCUT2D eigenvalue weighted by Gasteiger charge is 2.23. The van der Waals surface area contributed by atoms with E-state index in [1.165, 1.54) is 0 Å². The fraction of sp³-hybridized carbons (Fsp3) is 0.588. The molecule has 4 heteroatoms. The lowest BCUT2D eigenvalue weighted by molar-refractivity contribution is -0.120. The molecule has 1 aliphatic carbocycles. The summed E-state index contributed by atoms with van der Waals surface area (Å²) in [5, 5.41) is 6.22. The van der Waals surface area contributed by atoms with Crippen LogP contribution >= 0.6 is 0 Å². The summed E-state index contributed by atoms with van der Waals surface area (Å²) >= 11 is 0. The Morgan fingerprint density at radius 2 is 1.90 bits per heavy atom. The minimum absolute atomic E-state index is 0.0845. The molecule has 0 bridgehead atoms. The van der Waals surface area contributed by atoms with Gasteiger partial charge in [-0.3, -0.25) is 4.79 Å². The Morgan fingerprint density at radius 1 is 1.24 bits per heavy atom. The standard InChI is InChI=1S/C17H26N2O2/c1-12(2)11-21-16-8-4-14(5-9-16)13(3)18-10-17(20)19-15-6-7-15/h4-5,8-9,12-13,15,18H,6-7,10-11H2,1-3H3,(H,19,20). The van der Waals surface area contributed by atoms with Crippen LogP contribution in [-0.4, -0.2) is 25.1 Å². The van der Waals surface area contributed by atoms with Crippen LogP contribution in [0.3, 0.4) is 0 Å². The van der Waals surface area contributed by atoms with E-state index >= 15 is 0 Å². The molecule has 1 aliphatic rings. The number of benzene rings is 1. The summed E-state index contributed by atoms with van der Waals surface area (Å²) in [6.45, 7) is 7.42. The zero-order valence-corrected chi connectivity index (χ0v) is 13.2. The Kier molecular flexibility index (Phi) is 5.62. The molecule has 1 saturated carbocycles. The number of ether oxygens (including phenoxy) is 1. The Bertz CT molecular complexity index is 452. The van der Waals surface area contributed by atoms with Gasteiger partial charge in [0, 0.05) is 12.1 Å². The molecular weight excluding hydrogens is 264 g/mol. The van der Waals surface area contributed by atoms with Gasteiger partial charge in [-0.05, 0) is 43.4 Å². The maximum absolute atomic E-state index is 11.6. The van der Waals surface area contributed by atoms with E-state index in [0.717, 1.165) is 30.8 Å². The van der Waals surface area contributed by atoms with Gasteiger partial charge in [0.2, 0.25) is 5.91 Å². The highest BCUT2D eigenvalue weighted by Crippen LogP contribution is 2.19. The fourth-order valence-electron chi connectivity index (χ4n) is 1.99. The van der Waals surface area contributed by atoms with Crippen molar-refractivity contribution >= 4 is 5.91 Å². The summed E-state index contributed by atoms with van der Waals surface area (Å²) in [7, 11) is 0. The molecule has 21 heavy (non-hydrogen) atoms. The second kappa shape index (κ2) is 7.46. The van der Waals surface area contributed by atoms with Crippen molar-refractivity contribution in [3.05, 3.63) is 29.8 Å². The minimum Gasteiger partial charge on any atom is -0.493 e. The average Bonchev–Trinajstić information content (AvgIpc) is 3.27. The van der Waals surface area contributed by atoms with Crippen molar-refractivity contribution in [1.82, 2.24) is 10.6 Å². The summed E-state index contributed by atoms with van der Waals surface area (Å²) < 4.78 is 5.67. The quantitative estimate of drug-likeness (QED) is 0.774. The number of carbonyl (C=O) groups is 1. The first-order valence-electron chi connectivity index (χ1n) is 7.80. The van der Waals surface area contributed by atoms with Crippen molar-refractivity contribution in [3.8, 4) is 5.75 Å². The van der Waals surface area contributed by atoms with E-state index < -0.39 is 0 Å². The van der Waals surface area contributed by atoms with Crippen molar-refractivity contribution in [2.24, 2.45) is 5.92 Å². The molecular formula is C17H26N2O2. The van der Waals surface area contributed by atoms with Gasteiger partial charge in [0.1, 0.15) is 5.75 Å². The van der Waals surface area contributed by atoms with Gasteiger partial charge in [-0.2, -0.15) is 0 Å². The van der Waals surface area contributed by atoms with E-state index in [9.17, 15) is 4.79 Å². The second-order valence-corrected chi connectivity index (χ2v) is 6.22. The Hall–Kier alpha value is -1.55. The van der Waals surface area contributed by atoms with Crippen LogP contribution in [0.25, 0.3) is 0 Å². The lowest BCUT2D eigenvalue weighted by Crippen LogP contribution is -2.36. The van der Waals surface area contributed by atoms with Crippen molar-refractivity contribution < 1.29 is 9.53 Å². The summed E-state index contributed by atoms with van der Waals surface area (Å²) in [4.78, 5) is 11.6. The smallest absolute Gasteiger partial charge is 0.234 e. The zero-order valence-electron chi connectivity index (χ0n) is 13.2. The van der Waals surface area contributed by atoms with E-state index in [1.54, 1.807) is 0 Å². The normalized spacial score (nSPS) is 15.8. The Labute approximate surface area is 127 Å². The third-order valence-corrected chi connectivity index (χ3v) is 3.47. The summed E-state index contributed by atoms with van der Waals surface area (Å²) in [5.41, 5.74) is 1.16. The van der Waals surface area contributed by atoms with Gasteiger partial charge in [0.05, 0.1) is 13.2 Å². The molecule has 1 amide bonds. The molecule has 0 spiro atoms.